The molecule has 1 aromatic carbocycles. The molecule has 3 fully saturated rings. The normalized spacial score (nSPS) is 34.6. The van der Waals surface area contributed by atoms with Crippen LogP contribution in [0.3, 0.4) is 0 Å². The first-order valence-electron chi connectivity index (χ1n) is 9.27. The zero-order valence-electron chi connectivity index (χ0n) is 14.7. The van der Waals surface area contributed by atoms with E-state index in [0.717, 1.165) is 47.6 Å². The molecule has 134 valence electrons. The number of aromatic nitrogens is 1. The summed E-state index contributed by atoms with van der Waals surface area (Å²) in [6.07, 6.45) is 2.24. The van der Waals surface area contributed by atoms with Gasteiger partial charge in [0.1, 0.15) is 0 Å². The van der Waals surface area contributed by atoms with Gasteiger partial charge in [-0.2, -0.15) is 0 Å². The standard InChI is InChI=1S/C20H23BN2O3/c1-21-13-6-11-2-3-12(7-14(11)23-18(13)22)15-8-20(10-26-15)9-19(4-5-19)16(24)17(20)25/h2-3,6-7,15-17,24-25H,1,4-5,8-10H2,(H2,22,23)/t15-,16+,17-,20-/m0/s1. The van der Waals surface area contributed by atoms with E-state index in [2.05, 4.69) is 17.5 Å². The van der Waals surface area contributed by atoms with Crippen molar-refractivity contribution in [2.45, 2.75) is 44.0 Å². The Morgan fingerprint density at radius 1 is 1.19 bits per heavy atom. The van der Waals surface area contributed by atoms with Gasteiger partial charge < -0.3 is 0 Å². The van der Waals surface area contributed by atoms with Gasteiger partial charge in [-0.15, -0.1) is 0 Å². The Balaban J connectivity index is 1.45. The van der Waals surface area contributed by atoms with Gasteiger partial charge in [-0.25, -0.2) is 0 Å². The average Bonchev–Trinajstić information content (AvgIpc) is 3.24. The Bertz CT molecular complexity index is 913. The summed E-state index contributed by atoms with van der Waals surface area (Å²) in [5.41, 5.74) is 8.32. The number of fused-ring (bicyclic) bond motifs is 1. The molecule has 2 saturated carbocycles. The summed E-state index contributed by atoms with van der Waals surface area (Å²) in [5.74, 6) is 0.471. The molecule has 2 heterocycles. The van der Waals surface area contributed by atoms with E-state index >= 15 is 0 Å². The number of ether oxygens (including phenoxy) is 1. The molecule has 2 spiro atoms. The molecule has 2 aliphatic carbocycles. The summed E-state index contributed by atoms with van der Waals surface area (Å²) in [5, 5.41) is 22.2. The van der Waals surface area contributed by atoms with Gasteiger partial charge in [0, 0.05) is 0 Å². The summed E-state index contributed by atoms with van der Waals surface area (Å²) in [4.78, 5) is 4.49. The summed E-state index contributed by atoms with van der Waals surface area (Å²) in [7, 11) is 0. The first-order valence-corrected chi connectivity index (χ1v) is 9.27. The number of pyridine rings is 1. The van der Waals surface area contributed by atoms with Crippen molar-refractivity contribution >= 4 is 35.6 Å². The number of benzene rings is 1. The van der Waals surface area contributed by atoms with Crippen molar-refractivity contribution in [1.82, 2.24) is 4.98 Å². The molecule has 0 bridgehead atoms. The van der Waals surface area contributed by atoms with Crippen LogP contribution in [0.2, 0.25) is 0 Å². The van der Waals surface area contributed by atoms with E-state index in [1.165, 1.54) is 0 Å². The van der Waals surface area contributed by atoms with Crippen LogP contribution in [0.5, 0.6) is 0 Å². The topological polar surface area (TPSA) is 88.6 Å². The van der Waals surface area contributed by atoms with Crippen LogP contribution in [0.25, 0.3) is 10.9 Å². The van der Waals surface area contributed by atoms with E-state index in [-0.39, 0.29) is 16.9 Å². The zero-order valence-corrected chi connectivity index (χ0v) is 14.7. The van der Waals surface area contributed by atoms with Crippen molar-refractivity contribution in [2.24, 2.45) is 10.8 Å². The second-order valence-corrected chi connectivity index (χ2v) is 8.41. The summed E-state index contributed by atoms with van der Waals surface area (Å²) >= 11 is 0. The van der Waals surface area contributed by atoms with E-state index in [0.29, 0.717) is 12.4 Å². The molecule has 0 amide bonds. The van der Waals surface area contributed by atoms with Crippen molar-refractivity contribution in [2.75, 3.05) is 12.3 Å². The summed E-state index contributed by atoms with van der Waals surface area (Å²) in [6, 6.07) is 8.09. The SMILES string of the molecule is C=Bc1cc2ccc([C@@H]3C[C@@]4(CO3)CC3(CC3)[C@H](O)[C@@H]4O)cc2nc1N. The Morgan fingerprint density at radius 3 is 2.65 bits per heavy atom. The molecule has 1 aliphatic heterocycles. The molecule has 0 radical (unpaired) electrons. The molecule has 26 heavy (non-hydrogen) atoms. The fraction of sp³-hybridized carbons (Fsp3) is 0.500. The molecule has 6 heteroatoms. The quantitative estimate of drug-likeness (QED) is 0.702. The molecule has 4 atom stereocenters. The fourth-order valence-corrected chi connectivity index (χ4v) is 5.09. The molecule has 5 rings (SSSR count). The van der Waals surface area contributed by atoms with Crippen molar-refractivity contribution < 1.29 is 14.9 Å². The number of nitrogen functional groups attached to an aromatic ring is 1. The molecule has 3 aliphatic rings. The maximum absolute atomic E-state index is 10.7. The third kappa shape index (κ3) is 2.22. The Labute approximate surface area is 153 Å². The van der Waals surface area contributed by atoms with Gasteiger partial charge in [0.15, 0.2) is 0 Å². The van der Waals surface area contributed by atoms with Crippen LogP contribution in [0.1, 0.15) is 37.4 Å². The van der Waals surface area contributed by atoms with Crippen LogP contribution in [0.4, 0.5) is 5.82 Å². The maximum atomic E-state index is 10.7. The molecule has 1 aromatic heterocycles. The molecular formula is C20H23BN2O3. The van der Waals surface area contributed by atoms with E-state index in [1.807, 2.05) is 18.2 Å². The number of hydrogen-bond acceptors (Lipinski definition) is 5. The van der Waals surface area contributed by atoms with Crippen LogP contribution in [-0.2, 0) is 4.74 Å². The van der Waals surface area contributed by atoms with Gasteiger partial charge in [-0.3, -0.25) is 0 Å². The van der Waals surface area contributed by atoms with E-state index < -0.39 is 12.2 Å². The second-order valence-electron chi connectivity index (χ2n) is 8.41. The number of anilines is 1. The fourth-order valence-electron chi connectivity index (χ4n) is 5.09. The molecule has 0 unspecified atom stereocenters. The van der Waals surface area contributed by atoms with E-state index in [9.17, 15) is 10.2 Å². The third-order valence-corrected chi connectivity index (χ3v) is 6.81. The number of hydrogen-bond donors (Lipinski definition) is 3. The van der Waals surface area contributed by atoms with E-state index in [4.69, 9.17) is 10.5 Å². The molecule has 1 saturated heterocycles. The average molecular weight is 350 g/mol. The van der Waals surface area contributed by atoms with Crippen LogP contribution in [-0.4, -0.2) is 47.4 Å². The number of aliphatic hydroxyl groups excluding tert-OH is 2. The first-order chi connectivity index (χ1) is 12.5. The molecular weight excluding hydrogens is 327 g/mol. The molecule has 4 N–H and O–H groups in total. The second kappa shape index (κ2) is 5.38. The molecule has 2 aromatic rings. The van der Waals surface area contributed by atoms with Crippen LogP contribution >= 0.6 is 0 Å². The van der Waals surface area contributed by atoms with Crippen molar-refractivity contribution in [3.05, 3.63) is 29.8 Å². The van der Waals surface area contributed by atoms with Crippen LogP contribution < -0.4 is 11.2 Å². The Hall–Kier alpha value is -1.76. The van der Waals surface area contributed by atoms with Gasteiger partial charge in [0.05, 0.1) is 0 Å². The zero-order chi connectivity index (χ0) is 18.1. The molecule has 5 nitrogen and oxygen atoms in total. The van der Waals surface area contributed by atoms with Gasteiger partial charge in [0.25, 0.3) is 0 Å². The minimum absolute atomic E-state index is 0.0574. The predicted molar refractivity (Wildman–Crippen MR) is 103 cm³/mol. The number of aliphatic hydroxyl groups is 2. The number of rotatable bonds is 2. The Kier molecular flexibility index (Phi) is 3.40. The number of nitrogens with zero attached hydrogens (tertiary/aromatic N) is 1. The summed E-state index contributed by atoms with van der Waals surface area (Å²) in [6.45, 7) is 5.97. The monoisotopic (exact) mass is 350 g/mol. The number of nitrogens with two attached hydrogens (primary N) is 1. The Morgan fingerprint density at radius 2 is 1.96 bits per heavy atom. The first kappa shape index (κ1) is 16.4. The van der Waals surface area contributed by atoms with Gasteiger partial charge in [-0.1, -0.05) is 0 Å². The predicted octanol–water partition coefficient (Wildman–Crippen LogP) is 0.932. The third-order valence-electron chi connectivity index (χ3n) is 6.81. The van der Waals surface area contributed by atoms with Crippen molar-refractivity contribution in [1.29, 1.82) is 0 Å². The van der Waals surface area contributed by atoms with Gasteiger partial charge >= 0.3 is 153 Å². The van der Waals surface area contributed by atoms with Crippen molar-refractivity contribution in [3.63, 3.8) is 0 Å². The summed E-state index contributed by atoms with van der Waals surface area (Å²) < 4.78 is 6.09. The van der Waals surface area contributed by atoms with Gasteiger partial charge in [-0.05, 0) is 0 Å². The van der Waals surface area contributed by atoms with Gasteiger partial charge in [0.2, 0.25) is 0 Å². The van der Waals surface area contributed by atoms with E-state index in [1.54, 1.807) is 6.92 Å². The van der Waals surface area contributed by atoms with Crippen LogP contribution in [0.15, 0.2) is 24.3 Å². The van der Waals surface area contributed by atoms with Crippen LogP contribution in [0, 0.1) is 10.8 Å². The minimum atomic E-state index is -0.695. The van der Waals surface area contributed by atoms with Crippen molar-refractivity contribution in [3.8, 4) is 0 Å².